The summed E-state index contributed by atoms with van der Waals surface area (Å²) in [5, 5.41) is 5.51. The van der Waals surface area contributed by atoms with Crippen LogP contribution in [0, 0.1) is 5.92 Å². The minimum absolute atomic E-state index is 0.0577. The van der Waals surface area contributed by atoms with Crippen molar-refractivity contribution in [1.82, 2.24) is 4.98 Å². The molecule has 0 saturated heterocycles. The molecule has 0 bridgehead atoms. The number of nitrogens with zero attached hydrogens (tertiary/aromatic N) is 1. The van der Waals surface area contributed by atoms with Gasteiger partial charge >= 0.3 is 6.18 Å². The maximum atomic E-state index is 12.5. The van der Waals surface area contributed by atoms with Gasteiger partial charge in [0.25, 0.3) is 0 Å². The van der Waals surface area contributed by atoms with Crippen molar-refractivity contribution in [2.45, 2.75) is 50.0 Å². The normalized spacial score (nSPS) is 19.3. The van der Waals surface area contributed by atoms with Crippen LogP contribution < -0.4 is 5.14 Å². The van der Waals surface area contributed by atoms with Crippen molar-refractivity contribution in [3.63, 3.8) is 0 Å². The van der Waals surface area contributed by atoms with E-state index in [1.807, 2.05) is 13.8 Å². The first-order valence-electron chi connectivity index (χ1n) is 6.80. The highest BCUT2D eigenvalue weighted by Crippen LogP contribution is 2.47. The molecule has 2 N–H and O–H groups in total. The van der Waals surface area contributed by atoms with Gasteiger partial charge in [-0.1, -0.05) is 6.07 Å². The Bertz CT molecular complexity index is 524. The second-order valence-electron chi connectivity index (χ2n) is 6.18. The number of alkyl halides is 3. The lowest BCUT2D eigenvalue weighted by molar-refractivity contribution is -0.141. The Morgan fingerprint density at radius 2 is 2.00 bits per heavy atom. The van der Waals surface area contributed by atoms with Crippen LogP contribution in [0.15, 0.2) is 18.3 Å². The van der Waals surface area contributed by atoms with E-state index < -0.39 is 27.6 Å². The first-order valence-corrected chi connectivity index (χ1v) is 8.02. The van der Waals surface area contributed by atoms with E-state index in [-0.39, 0.29) is 5.92 Å². The molecule has 1 aliphatic rings. The Balaban J connectivity index is 2.21. The average molecular weight is 320 g/mol. The molecule has 1 aromatic rings. The number of rotatable bonds is 5. The summed E-state index contributed by atoms with van der Waals surface area (Å²) in [6.45, 7) is 3.63. The van der Waals surface area contributed by atoms with Crippen LogP contribution in [0.25, 0.3) is 0 Å². The molecular formula is C14H19F3N2OS. The number of pyridine rings is 1. The SMILES string of the molecule is CC(C)(C[C@@H](c1ccc(C(F)(F)F)nc1)C1CC1)S(N)=O. The van der Waals surface area contributed by atoms with E-state index in [0.717, 1.165) is 24.5 Å². The zero-order valence-corrected chi connectivity index (χ0v) is 12.8. The van der Waals surface area contributed by atoms with Gasteiger partial charge in [0.2, 0.25) is 0 Å². The van der Waals surface area contributed by atoms with E-state index in [9.17, 15) is 17.4 Å². The Morgan fingerprint density at radius 1 is 1.38 bits per heavy atom. The van der Waals surface area contributed by atoms with Crippen molar-refractivity contribution in [2.75, 3.05) is 0 Å². The zero-order valence-electron chi connectivity index (χ0n) is 12.0. The second-order valence-corrected chi connectivity index (χ2v) is 7.88. The Morgan fingerprint density at radius 3 is 2.38 bits per heavy atom. The molecule has 3 nitrogen and oxygen atoms in total. The van der Waals surface area contributed by atoms with Crippen LogP contribution in [0.1, 0.15) is 50.3 Å². The van der Waals surface area contributed by atoms with Crippen LogP contribution in [-0.2, 0) is 17.2 Å². The summed E-state index contributed by atoms with van der Waals surface area (Å²) in [6, 6.07) is 2.49. The summed E-state index contributed by atoms with van der Waals surface area (Å²) in [7, 11) is -1.48. The molecule has 0 radical (unpaired) electrons. The third-order valence-corrected chi connectivity index (χ3v) is 5.21. The van der Waals surface area contributed by atoms with Crippen molar-refractivity contribution < 1.29 is 17.4 Å². The van der Waals surface area contributed by atoms with Gasteiger partial charge in [-0.15, -0.1) is 0 Å². The molecule has 0 aliphatic heterocycles. The summed E-state index contributed by atoms with van der Waals surface area (Å²) >= 11 is 0. The molecule has 7 heteroatoms. The summed E-state index contributed by atoms with van der Waals surface area (Å²) in [4.78, 5) is 3.52. The van der Waals surface area contributed by atoms with Crippen molar-refractivity contribution in [3.05, 3.63) is 29.6 Å². The van der Waals surface area contributed by atoms with Gasteiger partial charge in [0.05, 0.1) is 15.7 Å². The lowest BCUT2D eigenvalue weighted by Gasteiger charge is -2.27. The predicted molar refractivity (Wildman–Crippen MR) is 75.7 cm³/mol. The largest absolute Gasteiger partial charge is 0.433 e. The topological polar surface area (TPSA) is 56.0 Å². The maximum absolute atomic E-state index is 12.5. The Kier molecular flexibility index (Phi) is 4.44. The third-order valence-electron chi connectivity index (χ3n) is 3.95. The van der Waals surface area contributed by atoms with Crippen LogP contribution in [0.2, 0.25) is 0 Å². The van der Waals surface area contributed by atoms with Gasteiger partial charge in [0.1, 0.15) is 5.69 Å². The van der Waals surface area contributed by atoms with Crippen LogP contribution in [0.4, 0.5) is 13.2 Å². The molecule has 1 aromatic heterocycles. The van der Waals surface area contributed by atoms with E-state index in [1.165, 1.54) is 12.3 Å². The van der Waals surface area contributed by atoms with Gasteiger partial charge in [0, 0.05) is 6.20 Å². The molecule has 0 amide bonds. The predicted octanol–water partition coefficient (Wildman–Crippen LogP) is 3.39. The van der Waals surface area contributed by atoms with E-state index in [1.54, 1.807) is 0 Å². The van der Waals surface area contributed by atoms with Crippen LogP contribution >= 0.6 is 0 Å². The fourth-order valence-corrected chi connectivity index (χ4v) is 2.80. The molecule has 2 atom stereocenters. The highest BCUT2D eigenvalue weighted by Gasteiger charge is 2.39. The number of halogens is 3. The van der Waals surface area contributed by atoms with Gasteiger partial charge in [-0.3, -0.25) is 10.1 Å². The quantitative estimate of drug-likeness (QED) is 0.904. The lowest BCUT2D eigenvalue weighted by Crippen LogP contribution is -2.34. The fourth-order valence-electron chi connectivity index (χ4n) is 2.46. The Hall–Kier alpha value is -0.950. The van der Waals surface area contributed by atoms with Gasteiger partial charge < -0.3 is 0 Å². The standard InChI is InChI=1S/C14H19F3N2OS/c1-13(2,21(18)20)7-11(9-3-4-9)10-5-6-12(19-8-10)14(15,16)17/h5-6,8-9,11H,3-4,7,18H2,1-2H3/t11-,21?/m1/s1. The maximum Gasteiger partial charge on any atom is 0.433 e. The van der Waals surface area contributed by atoms with Crippen molar-refractivity contribution in [1.29, 1.82) is 0 Å². The van der Waals surface area contributed by atoms with Crippen LogP contribution in [0.5, 0.6) is 0 Å². The Labute approximate surface area is 124 Å². The molecule has 1 fully saturated rings. The lowest BCUT2D eigenvalue weighted by atomic mass is 9.87. The summed E-state index contributed by atoms with van der Waals surface area (Å²) in [5.41, 5.74) is -0.119. The molecular weight excluding hydrogens is 301 g/mol. The minimum Gasteiger partial charge on any atom is -0.251 e. The molecule has 1 aliphatic carbocycles. The molecule has 21 heavy (non-hydrogen) atoms. The monoisotopic (exact) mass is 320 g/mol. The number of aromatic nitrogens is 1. The first kappa shape index (κ1) is 16.4. The van der Waals surface area contributed by atoms with Crippen LogP contribution in [0.3, 0.4) is 0 Å². The highest BCUT2D eigenvalue weighted by molar-refractivity contribution is 7.84. The highest BCUT2D eigenvalue weighted by atomic mass is 32.2. The average Bonchev–Trinajstić information content (AvgIpc) is 3.19. The fraction of sp³-hybridized carbons (Fsp3) is 0.643. The van der Waals surface area contributed by atoms with E-state index in [4.69, 9.17) is 5.14 Å². The van der Waals surface area contributed by atoms with E-state index in [2.05, 4.69) is 4.98 Å². The number of nitrogens with two attached hydrogens (primary N) is 1. The van der Waals surface area contributed by atoms with Crippen molar-refractivity contribution >= 4 is 11.0 Å². The second kappa shape index (κ2) is 5.68. The number of hydrogen-bond acceptors (Lipinski definition) is 2. The molecule has 2 rings (SSSR count). The molecule has 1 heterocycles. The molecule has 1 saturated carbocycles. The third kappa shape index (κ3) is 4.03. The summed E-state index contributed by atoms with van der Waals surface area (Å²) in [5.74, 6) is 0.480. The molecule has 118 valence electrons. The van der Waals surface area contributed by atoms with Crippen molar-refractivity contribution in [2.24, 2.45) is 11.1 Å². The summed E-state index contributed by atoms with van der Waals surface area (Å²) < 4.78 is 48.7. The van der Waals surface area contributed by atoms with Gasteiger partial charge in [-0.05, 0) is 56.6 Å². The molecule has 0 spiro atoms. The first-order chi connectivity index (χ1) is 9.61. The summed E-state index contributed by atoms with van der Waals surface area (Å²) in [6.07, 6.45) is -0.473. The molecule has 1 unspecified atom stereocenters. The van der Waals surface area contributed by atoms with Gasteiger partial charge in [0.15, 0.2) is 0 Å². The van der Waals surface area contributed by atoms with Crippen LogP contribution in [-0.4, -0.2) is 13.9 Å². The zero-order chi connectivity index (χ0) is 15.8. The number of hydrogen-bond donors (Lipinski definition) is 1. The minimum atomic E-state index is -4.42. The van der Waals surface area contributed by atoms with Gasteiger partial charge in [-0.2, -0.15) is 13.2 Å². The van der Waals surface area contributed by atoms with Crippen molar-refractivity contribution in [3.8, 4) is 0 Å². The van der Waals surface area contributed by atoms with E-state index >= 15 is 0 Å². The smallest absolute Gasteiger partial charge is 0.251 e. The van der Waals surface area contributed by atoms with Gasteiger partial charge in [-0.25, -0.2) is 4.21 Å². The molecule has 0 aromatic carbocycles. The van der Waals surface area contributed by atoms with E-state index in [0.29, 0.717) is 12.3 Å².